The van der Waals surface area contributed by atoms with Crippen molar-refractivity contribution in [1.29, 1.82) is 0 Å². The fourth-order valence-corrected chi connectivity index (χ4v) is 5.34. The van der Waals surface area contributed by atoms with Crippen molar-refractivity contribution in [3.05, 3.63) is 29.8 Å². The second kappa shape index (κ2) is 8.31. The molecule has 0 aromatic heterocycles. The molecule has 2 atom stereocenters. The Hall–Kier alpha value is -1.40. The molecule has 0 N–H and O–H groups in total. The second-order valence-corrected chi connectivity index (χ2v) is 9.43. The Balaban J connectivity index is 1.39. The van der Waals surface area contributed by atoms with Crippen LogP contribution in [0.25, 0.3) is 0 Å². The number of piperazine rings is 1. The molecular weight excluding hydrogens is 356 g/mol. The molecule has 2 fully saturated rings. The molecule has 1 aromatic carbocycles. The molecule has 1 saturated carbocycles. The van der Waals surface area contributed by atoms with Crippen molar-refractivity contribution in [1.82, 2.24) is 14.1 Å². The molecule has 2 heterocycles. The SMILES string of the molecule is CCC(C)c1ccc(S(=O)N2CCN=C2N2CCN(C3CCC3)CC2)cc1. The van der Waals surface area contributed by atoms with E-state index < -0.39 is 11.0 Å². The monoisotopic (exact) mass is 388 g/mol. The Morgan fingerprint density at radius 2 is 1.81 bits per heavy atom. The van der Waals surface area contributed by atoms with E-state index in [1.165, 1.54) is 24.8 Å². The summed E-state index contributed by atoms with van der Waals surface area (Å²) < 4.78 is 15.2. The average molecular weight is 389 g/mol. The summed E-state index contributed by atoms with van der Waals surface area (Å²) in [6.07, 6.45) is 5.24. The second-order valence-electron chi connectivity index (χ2n) is 8.02. The molecule has 148 valence electrons. The van der Waals surface area contributed by atoms with Crippen LogP contribution in [0.15, 0.2) is 34.2 Å². The first kappa shape index (κ1) is 18.9. The van der Waals surface area contributed by atoms with Gasteiger partial charge in [-0.15, -0.1) is 0 Å². The van der Waals surface area contributed by atoms with E-state index in [0.29, 0.717) is 5.92 Å². The van der Waals surface area contributed by atoms with E-state index in [4.69, 9.17) is 4.99 Å². The van der Waals surface area contributed by atoms with Gasteiger partial charge >= 0.3 is 0 Å². The van der Waals surface area contributed by atoms with Crippen molar-refractivity contribution in [2.75, 3.05) is 39.3 Å². The van der Waals surface area contributed by atoms with Gasteiger partial charge in [-0.25, -0.2) is 4.21 Å². The van der Waals surface area contributed by atoms with E-state index in [-0.39, 0.29) is 0 Å². The third-order valence-electron chi connectivity index (χ3n) is 6.43. The van der Waals surface area contributed by atoms with E-state index in [1.54, 1.807) is 0 Å². The molecule has 6 heteroatoms. The number of nitrogens with zero attached hydrogens (tertiary/aromatic N) is 4. The summed E-state index contributed by atoms with van der Waals surface area (Å²) in [7, 11) is -1.17. The first-order valence-corrected chi connectivity index (χ1v) is 11.6. The Morgan fingerprint density at radius 1 is 1.11 bits per heavy atom. The molecule has 0 amide bonds. The molecular formula is C21H32N4OS. The summed E-state index contributed by atoms with van der Waals surface area (Å²) in [5.41, 5.74) is 1.32. The molecule has 1 aliphatic carbocycles. The zero-order valence-electron chi connectivity index (χ0n) is 16.6. The average Bonchev–Trinajstić information content (AvgIpc) is 3.16. The van der Waals surface area contributed by atoms with E-state index in [2.05, 4.69) is 35.8 Å². The van der Waals surface area contributed by atoms with Crippen molar-refractivity contribution in [3.8, 4) is 0 Å². The van der Waals surface area contributed by atoms with Gasteiger partial charge in [0.2, 0.25) is 5.96 Å². The van der Waals surface area contributed by atoms with E-state index in [9.17, 15) is 4.21 Å². The fourth-order valence-electron chi connectivity index (χ4n) is 4.15. The summed E-state index contributed by atoms with van der Waals surface area (Å²) in [6.45, 7) is 10.1. The van der Waals surface area contributed by atoms with Crippen molar-refractivity contribution >= 4 is 16.9 Å². The highest BCUT2D eigenvalue weighted by Gasteiger charge is 2.33. The lowest BCUT2D eigenvalue weighted by atomic mass is 9.91. The lowest BCUT2D eigenvalue weighted by Gasteiger charge is -2.44. The highest BCUT2D eigenvalue weighted by molar-refractivity contribution is 7.83. The molecule has 0 spiro atoms. The van der Waals surface area contributed by atoms with Crippen molar-refractivity contribution in [3.63, 3.8) is 0 Å². The number of hydrogen-bond donors (Lipinski definition) is 0. The van der Waals surface area contributed by atoms with Crippen LogP contribution in [0, 0.1) is 0 Å². The summed E-state index contributed by atoms with van der Waals surface area (Å²) >= 11 is 0. The van der Waals surface area contributed by atoms with Crippen LogP contribution < -0.4 is 0 Å². The first-order valence-electron chi connectivity index (χ1n) is 10.5. The lowest BCUT2D eigenvalue weighted by Crippen LogP contribution is -2.55. The molecule has 1 aromatic rings. The number of guanidine groups is 1. The topological polar surface area (TPSA) is 39.2 Å². The van der Waals surface area contributed by atoms with Crippen molar-refractivity contribution < 1.29 is 4.21 Å². The predicted molar refractivity (Wildman–Crippen MR) is 111 cm³/mol. The molecule has 27 heavy (non-hydrogen) atoms. The van der Waals surface area contributed by atoms with Crippen molar-refractivity contribution in [2.24, 2.45) is 4.99 Å². The van der Waals surface area contributed by atoms with Crippen LogP contribution in [0.4, 0.5) is 0 Å². The zero-order valence-corrected chi connectivity index (χ0v) is 17.5. The molecule has 1 saturated heterocycles. The minimum Gasteiger partial charge on any atom is -0.339 e. The Morgan fingerprint density at radius 3 is 2.41 bits per heavy atom. The van der Waals surface area contributed by atoms with Crippen LogP contribution in [0.1, 0.15) is 51.0 Å². The quantitative estimate of drug-likeness (QED) is 0.778. The smallest absolute Gasteiger partial charge is 0.209 e. The van der Waals surface area contributed by atoms with Gasteiger partial charge in [0.25, 0.3) is 0 Å². The molecule has 0 bridgehead atoms. The van der Waals surface area contributed by atoms with Gasteiger partial charge in [0.15, 0.2) is 11.0 Å². The molecule has 2 aliphatic heterocycles. The number of benzene rings is 1. The van der Waals surface area contributed by atoms with Crippen LogP contribution in [-0.2, 0) is 11.0 Å². The summed E-state index contributed by atoms with van der Waals surface area (Å²) in [5.74, 6) is 1.48. The minimum absolute atomic E-state index is 0.545. The van der Waals surface area contributed by atoms with Crippen LogP contribution in [0.5, 0.6) is 0 Å². The summed E-state index contributed by atoms with van der Waals surface area (Å²) in [5, 5.41) is 0. The van der Waals surface area contributed by atoms with Gasteiger partial charge in [0, 0.05) is 32.2 Å². The van der Waals surface area contributed by atoms with Gasteiger partial charge in [0.1, 0.15) is 0 Å². The number of rotatable bonds is 5. The van der Waals surface area contributed by atoms with E-state index in [0.717, 1.165) is 62.6 Å². The fraction of sp³-hybridized carbons (Fsp3) is 0.667. The van der Waals surface area contributed by atoms with Gasteiger partial charge < -0.3 is 4.90 Å². The van der Waals surface area contributed by atoms with E-state index >= 15 is 0 Å². The highest BCUT2D eigenvalue weighted by Crippen LogP contribution is 2.26. The van der Waals surface area contributed by atoms with Gasteiger partial charge in [-0.1, -0.05) is 32.4 Å². The standard InChI is InChI=1S/C21H32N4OS/c1-3-17(2)18-7-9-20(10-8-18)27(26)25-12-11-22-21(25)24-15-13-23(14-16-24)19-5-4-6-19/h7-10,17,19H,3-6,11-16H2,1-2H3. The molecule has 5 nitrogen and oxygen atoms in total. The Labute approximate surface area is 166 Å². The first-order chi connectivity index (χ1) is 13.2. The normalized spacial score (nSPS) is 23.9. The van der Waals surface area contributed by atoms with Crippen LogP contribution in [0.2, 0.25) is 0 Å². The van der Waals surface area contributed by atoms with Crippen LogP contribution in [-0.4, -0.2) is 69.6 Å². The highest BCUT2D eigenvalue weighted by atomic mass is 32.2. The van der Waals surface area contributed by atoms with Crippen LogP contribution >= 0.6 is 0 Å². The van der Waals surface area contributed by atoms with Crippen LogP contribution in [0.3, 0.4) is 0 Å². The molecule has 2 unspecified atom stereocenters. The molecule has 0 radical (unpaired) electrons. The number of aliphatic imine (C=N–C) groups is 1. The molecule has 4 rings (SSSR count). The maximum Gasteiger partial charge on any atom is 0.209 e. The van der Waals surface area contributed by atoms with Crippen molar-refractivity contribution in [2.45, 2.75) is 56.4 Å². The third kappa shape index (κ3) is 3.92. The van der Waals surface area contributed by atoms with Gasteiger partial charge in [-0.05, 0) is 42.9 Å². The Bertz CT molecular complexity index is 693. The molecule has 3 aliphatic rings. The predicted octanol–water partition coefficient (Wildman–Crippen LogP) is 3.06. The third-order valence-corrected chi connectivity index (χ3v) is 7.85. The number of hydrogen-bond acceptors (Lipinski definition) is 4. The lowest BCUT2D eigenvalue weighted by molar-refractivity contribution is 0.0834. The minimum atomic E-state index is -1.17. The largest absolute Gasteiger partial charge is 0.339 e. The summed E-state index contributed by atoms with van der Waals surface area (Å²) in [4.78, 5) is 10.6. The maximum absolute atomic E-state index is 13.2. The summed E-state index contributed by atoms with van der Waals surface area (Å²) in [6, 6.07) is 9.13. The van der Waals surface area contributed by atoms with E-state index in [1.807, 2.05) is 16.4 Å². The van der Waals surface area contributed by atoms with Gasteiger partial charge in [-0.2, -0.15) is 0 Å². The zero-order chi connectivity index (χ0) is 18.8. The van der Waals surface area contributed by atoms with Gasteiger partial charge in [0.05, 0.1) is 18.0 Å². The Kier molecular flexibility index (Phi) is 5.83. The van der Waals surface area contributed by atoms with Gasteiger partial charge in [-0.3, -0.25) is 14.2 Å². The maximum atomic E-state index is 13.2.